The number of hydrogen-bond acceptors (Lipinski definition) is 3. The van der Waals surface area contributed by atoms with E-state index in [1.165, 1.54) is 19.3 Å². The van der Waals surface area contributed by atoms with Crippen LogP contribution in [0, 0.1) is 0 Å². The van der Waals surface area contributed by atoms with Crippen molar-refractivity contribution in [3.63, 3.8) is 0 Å². The molecular formula is C11H17NOS. The fraction of sp³-hybridized carbons (Fsp3) is 0.636. The van der Waals surface area contributed by atoms with Crippen LogP contribution in [0.4, 0.5) is 0 Å². The maximum Gasteiger partial charge on any atom is 0.103 e. The Bertz CT molecular complexity index is 252. The zero-order valence-corrected chi connectivity index (χ0v) is 9.09. The Balaban J connectivity index is 1.99. The number of aliphatic hydroxyl groups excluding tert-OH is 1. The summed E-state index contributed by atoms with van der Waals surface area (Å²) < 4.78 is 0. The van der Waals surface area contributed by atoms with E-state index in [0.29, 0.717) is 0 Å². The quantitative estimate of drug-likeness (QED) is 0.787. The molecule has 0 radical (unpaired) electrons. The van der Waals surface area contributed by atoms with Crippen LogP contribution >= 0.6 is 11.3 Å². The van der Waals surface area contributed by atoms with Crippen LogP contribution in [0.1, 0.15) is 36.7 Å². The molecule has 0 aromatic carbocycles. The third kappa shape index (κ3) is 2.35. The molecule has 1 fully saturated rings. The number of aliphatic hydroxyl groups is 1. The Morgan fingerprint density at radius 1 is 1.43 bits per heavy atom. The van der Waals surface area contributed by atoms with Gasteiger partial charge in [-0.2, -0.15) is 0 Å². The fourth-order valence-electron chi connectivity index (χ4n) is 1.98. The largest absolute Gasteiger partial charge is 0.386 e. The van der Waals surface area contributed by atoms with E-state index in [1.54, 1.807) is 11.3 Å². The predicted molar refractivity (Wildman–Crippen MR) is 59.5 cm³/mol. The summed E-state index contributed by atoms with van der Waals surface area (Å²) in [5, 5.41) is 15.6. The molecule has 1 aromatic rings. The molecule has 2 nitrogen and oxygen atoms in total. The Labute approximate surface area is 89.0 Å². The van der Waals surface area contributed by atoms with Gasteiger partial charge in [-0.25, -0.2) is 0 Å². The average molecular weight is 211 g/mol. The SMILES string of the molecule is OC(c1cccs1)C1CCCCCN1. The van der Waals surface area contributed by atoms with Gasteiger partial charge < -0.3 is 10.4 Å². The fourth-order valence-corrected chi connectivity index (χ4v) is 2.76. The zero-order valence-electron chi connectivity index (χ0n) is 8.28. The summed E-state index contributed by atoms with van der Waals surface area (Å²) in [6.45, 7) is 1.05. The summed E-state index contributed by atoms with van der Waals surface area (Å²) in [5.41, 5.74) is 0. The molecule has 2 rings (SSSR count). The molecule has 0 spiro atoms. The lowest BCUT2D eigenvalue weighted by molar-refractivity contribution is 0.129. The van der Waals surface area contributed by atoms with Crippen molar-refractivity contribution in [3.8, 4) is 0 Å². The van der Waals surface area contributed by atoms with Gasteiger partial charge in [0.1, 0.15) is 6.10 Å². The van der Waals surface area contributed by atoms with E-state index in [0.717, 1.165) is 17.8 Å². The molecule has 2 unspecified atom stereocenters. The maximum absolute atomic E-state index is 10.1. The molecule has 0 bridgehead atoms. The van der Waals surface area contributed by atoms with E-state index in [4.69, 9.17) is 0 Å². The molecule has 1 aliphatic heterocycles. The van der Waals surface area contributed by atoms with Crippen molar-refractivity contribution in [1.82, 2.24) is 5.32 Å². The van der Waals surface area contributed by atoms with Crippen LogP contribution in [0.25, 0.3) is 0 Å². The Kier molecular flexibility index (Phi) is 3.56. The van der Waals surface area contributed by atoms with Gasteiger partial charge in [-0.05, 0) is 30.8 Å². The minimum atomic E-state index is -0.312. The second-order valence-electron chi connectivity index (χ2n) is 3.87. The highest BCUT2D eigenvalue weighted by atomic mass is 32.1. The normalized spacial score (nSPS) is 25.6. The lowest BCUT2D eigenvalue weighted by atomic mass is 10.0. The van der Waals surface area contributed by atoms with Crippen LogP contribution in [-0.2, 0) is 0 Å². The average Bonchev–Trinajstić information content (AvgIpc) is 2.59. The zero-order chi connectivity index (χ0) is 9.80. The van der Waals surface area contributed by atoms with Crippen molar-refractivity contribution in [3.05, 3.63) is 22.4 Å². The van der Waals surface area contributed by atoms with Crippen molar-refractivity contribution in [1.29, 1.82) is 0 Å². The van der Waals surface area contributed by atoms with E-state index < -0.39 is 0 Å². The highest BCUT2D eigenvalue weighted by molar-refractivity contribution is 7.10. The molecule has 1 saturated heterocycles. The minimum absolute atomic E-state index is 0.260. The van der Waals surface area contributed by atoms with Crippen molar-refractivity contribution >= 4 is 11.3 Å². The molecule has 3 heteroatoms. The van der Waals surface area contributed by atoms with Gasteiger partial charge in [0.15, 0.2) is 0 Å². The molecule has 0 amide bonds. The van der Waals surface area contributed by atoms with Gasteiger partial charge in [0.05, 0.1) is 0 Å². The molecule has 0 aliphatic carbocycles. The number of rotatable bonds is 2. The van der Waals surface area contributed by atoms with Crippen LogP contribution in [0.2, 0.25) is 0 Å². The molecule has 1 aromatic heterocycles. The minimum Gasteiger partial charge on any atom is -0.386 e. The molecule has 2 N–H and O–H groups in total. The first-order chi connectivity index (χ1) is 6.88. The highest BCUT2D eigenvalue weighted by Crippen LogP contribution is 2.25. The highest BCUT2D eigenvalue weighted by Gasteiger charge is 2.21. The predicted octanol–water partition coefficient (Wildman–Crippen LogP) is 2.31. The van der Waals surface area contributed by atoms with E-state index in [2.05, 4.69) is 5.32 Å². The van der Waals surface area contributed by atoms with Crippen molar-refractivity contribution in [2.24, 2.45) is 0 Å². The van der Waals surface area contributed by atoms with Crippen LogP contribution in [0.3, 0.4) is 0 Å². The van der Waals surface area contributed by atoms with E-state index in [-0.39, 0.29) is 12.1 Å². The van der Waals surface area contributed by atoms with Crippen molar-refractivity contribution < 1.29 is 5.11 Å². The summed E-state index contributed by atoms with van der Waals surface area (Å²) in [5.74, 6) is 0. The van der Waals surface area contributed by atoms with Gasteiger partial charge in [0, 0.05) is 10.9 Å². The summed E-state index contributed by atoms with van der Waals surface area (Å²) >= 11 is 1.64. The number of hydrogen-bond donors (Lipinski definition) is 2. The van der Waals surface area contributed by atoms with E-state index in [1.807, 2.05) is 17.5 Å². The van der Waals surface area contributed by atoms with E-state index >= 15 is 0 Å². The van der Waals surface area contributed by atoms with Gasteiger partial charge in [0.25, 0.3) is 0 Å². The second kappa shape index (κ2) is 4.91. The first kappa shape index (κ1) is 10.1. The summed E-state index contributed by atoms with van der Waals surface area (Å²) in [6, 6.07) is 4.28. The van der Waals surface area contributed by atoms with Gasteiger partial charge in [-0.3, -0.25) is 0 Å². The molecular weight excluding hydrogens is 194 g/mol. The van der Waals surface area contributed by atoms with Crippen LogP contribution in [0.15, 0.2) is 17.5 Å². The maximum atomic E-state index is 10.1. The lowest BCUT2D eigenvalue weighted by Gasteiger charge is -2.21. The molecule has 78 valence electrons. The third-order valence-electron chi connectivity index (χ3n) is 2.81. The second-order valence-corrected chi connectivity index (χ2v) is 4.85. The van der Waals surface area contributed by atoms with Gasteiger partial charge in [-0.1, -0.05) is 18.9 Å². The Hall–Kier alpha value is -0.380. The Morgan fingerprint density at radius 3 is 3.14 bits per heavy atom. The van der Waals surface area contributed by atoms with Crippen molar-refractivity contribution in [2.75, 3.05) is 6.54 Å². The van der Waals surface area contributed by atoms with Crippen molar-refractivity contribution in [2.45, 2.75) is 37.8 Å². The van der Waals surface area contributed by atoms with Gasteiger partial charge in [-0.15, -0.1) is 11.3 Å². The topological polar surface area (TPSA) is 32.3 Å². The molecule has 14 heavy (non-hydrogen) atoms. The first-order valence-corrected chi connectivity index (χ1v) is 6.21. The van der Waals surface area contributed by atoms with Gasteiger partial charge in [0.2, 0.25) is 0 Å². The third-order valence-corrected chi connectivity index (χ3v) is 3.76. The van der Waals surface area contributed by atoms with Gasteiger partial charge >= 0.3 is 0 Å². The summed E-state index contributed by atoms with van der Waals surface area (Å²) in [6.07, 6.45) is 4.56. The van der Waals surface area contributed by atoms with Crippen LogP contribution < -0.4 is 5.32 Å². The van der Waals surface area contributed by atoms with E-state index in [9.17, 15) is 5.11 Å². The van der Waals surface area contributed by atoms with Crippen LogP contribution in [0.5, 0.6) is 0 Å². The summed E-state index contributed by atoms with van der Waals surface area (Å²) in [7, 11) is 0. The first-order valence-electron chi connectivity index (χ1n) is 5.33. The summed E-state index contributed by atoms with van der Waals surface area (Å²) in [4.78, 5) is 1.09. The Morgan fingerprint density at radius 2 is 2.36 bits per heavy atom. The monoisotopic (exact) mass is 211 g/mol. The molecule has 1 aliphatic rings. The molecule has 0 saturated carbocycles. The standard InChI is InChI=1S/C11H17NOS/c13-11(10-6-4-8-14-10)9-5-2-1-3-7-12-9/h4,6,8-9,11-13H,1-3,5,7H2. The molecule has 2 heterocycles. The smallest absolute Gasteiger partial charge is 0.103 e. The van der Waals surface area contributed by atoms with Crippen LogP contribution in [-0.4, -0.2) is 17.7 Å². The molecule has 2 atom stereocenters. The number of thiophene rings is 1. The number of nitrogens with one attached hydrogen (secondary N) is 1. The lowest BCUT2D eigenvalue weighted by Crippen LogP contribution is -2.33.